The van der Waals surface area contributed by atoms with Crippen LogP contribution in [0.4, 0.5) is 0 Å². The van der Waals surface area contributed by atoms with Gasteiger partial charge in [0.15, 0.2) is 0 Å². The third kappa shape index (κ3) is 21.7. The highest BCUT2D eigenvalue weighted by Gasteiger charge is 2.09. The largest absolute Gasteiger partial charge is 0.550 e. The molecule has 0 saturated carbocycles. The van der Waals surface area contributed by atoms with Gasteiger partial charge in [-0.3, -0.25) is 0 Å². The van der Waals surface area contributed by atoms with Crippen molar-refractivity contribution in [3.8, 4) is 0 Å². The van der Waals surface area contributed by atoms with Crippen LogP contribution in [0.3, 0.4) is 0 Å². The van der Waals surface area contributed by atoms with E-state index in [0.717, 1.165) is 37.1 Å². The number of quaternary nitrogens is 1. The minimum absolute atomic E-state index is 0.230. The van der Waals surface area contributed by atoms with Gasteiger partial charge in [-0.25, -0.2) is 0 Å². The molecule has 4 nitrogen and oxygen atoms in total. The van der Waals surface area contributed by atoms with Gasteiger partial charge >= 0.3 is 0 Å². The van der Waals surface area contributed by atoms with Crippen LogP contribution < -0.4 is 5.11 Å². The molecule has 134 valence electrons. The lowest BCUT2D eigenvalue weighted by atomic mass is 10.1. The Kier molecular flexibility index (Phi) is 18.0. The van der Waals surface area contributed by atoms with Crippen LogP contribution >= 0.6 is 0 Å². The second-order valence-corrected chi connectivity index (χ2v) is 6.42. The van der Waals surface area contributed by atoms with E-state index in [9.17, 15) is 9.90 Å². The molecule has 0 atom stereocenters. The molecule has 0 aliphatic carbocycles. The minimum atomic E-state index is -0.913. The summed E-state index contributed by atoms with van der Waals surface area (Å²) in [5, 5.41) is 10.0. The van der Waals surface area contributed by atoms with Crippen LogP contribution in [0.15, 0.2) is 0 Å². The van der Waals surface area contributed by atoms with Crippen molar-refractivity contribution in [3.05, 3.63) is 0 Å². The van der Waals surface area contributed by atoms with Gasteiger partial charge < -0.3 is 19.1 Å². The molecular formula is C18H39NO3. The van der Waals surface area contributed by atoms with Gasteiger partial charge in [0.25, 0.3) is 0 Å². The molecule has 0 spiro atoms. The Hall–Kier alpha value is -0.610. The van der Waals surface area contributed by atoms with Crippen molar-refractivity contribution in [3.63, 3.8) is 0 Å². The lowest BCUT2D eigenvalue weighted by Crippen LogP contribution is -2.41. The molecule has 0 aromatic heterocycles. The lowest BCUT2D eigenvalue weighted by Gasteiger charge is -2.27. The standard InChI is InChI=1S/C10H20O2.C8H20NO/c1-2-3-4-5-6-7-8-9-10(11)12;1-5-9(3,4)7-8-10-6-2/h2-9H2,1H3,(H,11,12);5-8H2,1-4H3/q;+1/p-1. The Balaban J connectivity index is 0. The number of carboxylic acid groups (broad SMARTS) is 1. The van der Waals surface area contributed by atoms with E-state index in [2.05, 4.69) is 27.9 Å². The van der Waals surface area contributed by atoms with E-state index in [0.29, 0.717) is 0 Å². The summed E-state index contributed by atoms with van der Waals surface area (Å²) in [6.07, 6.45) is 8.34. The molecule has 0 saturated heterocycles. The third-order valence-corrected chi connectivity index (χ3v) is 3.89. The molecule has 0 fully saturated rings. The summed E-state index contributed by atoms with van der Waals surface area (Å²) in [6.45, 7) is 10.4. The van der Waals surface area contributed by atoms with Crippen molar-refractivity contribution in [1.29, 1.82) is 0 Å². The fourth-order valence-corrected chi connectivity index (χ4v) is 1.84. The number of carbonyl (C=O) groups excluding carboxylic acids is 1. The number of hydrogen-bond acceptors (Lipinski definition) is 3. The van der Waals surface area contributed by atoms with Crippen LogP contribution in [0.25, 0.3) is 0 Å². The Morgan fingerprint density at radius 3 is 1.95 bits per heavy atom. The van der Waals surface area contributed by atoms with Crippen molar-refractivity contribution in [1.82, 2.24) is 0 Å². The number of ether oxygens (including phenoxy) is 1. The molecule has 0 N–H and O–H groups in total. The smallest absolute Gasteiger partial charge is 0.102 e. The molecule has 0 aromatic carbocycles. The SMILES string of the molecule is CCCCCCCCCC(=O)[O-].CCOCC[N+](C)(C)CC. The first kappa shape index (κ1) is 23.7. The van der Waals surface area contributed by atoms with Crippen LogP contribution in [0.1, 0.15) is 72.1 Å². The first-order valence-corrected chi connectivity index (χ1v) is 8.99. The van der Waals surface area contributed by atoms with E-state index in [1.165, 1.54) is 38.6 Å². The number of likely N-dealkylation sites (N-methyl/N-ethyl adjacent to an activating group) is 1. The Morgan fingerprint density at radius 2 is 1.50 bits per heavy atom. The maximum absolute atomic E-state index is 10.0. The molecule has 0 aliphatic rings. The number of hydrogen-bond donors (Lipinski definition) is 0. The van der Waals surface area contributed by atoms with Gasteiger partial charge in [-0.05, 0) is 26.7 Å². The second kappa shape index (κ2) is 16.8. The molecule has 0 aromatic rings. The van der Waals surface area contributed by atoms with Crippen molar-refractivity contribution in [2.24, 2.45) is 0 Å². The molecule has 22 heavy (non-hydrogen) atoms. The van der Waals surface area contributed by atoms with E-state index >= 15 is 0 Å². The van der Waals surface area contributed by atoms with E-state index in [4.69, 9.17) is 4.74 Å². The summed E-state index contributed by atoms with van der Waals surface area (Å²) in [4.78, 5) is 10.0. The van der Waals surface area contributed by atoms with Gasteiger partial charge in [-0.2, -0.15) is 0 Å². The van der Waals surface area contributed by atoms with Crippen LogP contribution in [0, 0.1) is 0 Å². The number of carboxylic acids is 1. The summed E-state index contributed by atoms with van der Waals surface area (Å²) >= 11 is 0. The van der Waals surface area contributed by atoms with E-state index in [-0.39, 0.29) is 6.42 Å². The number of rotatable bonds is 13. The summed E-state index contributed by atoms with van der Waals surface area (Å²) in [5.41, 5.74) is 0. The molecule has 0 radical (unpaired) electrons. The highest BCUT2D eigenvalue weighted by atomic mass is 16.5. The highest BCUT2D eigenvalue weighted by molar-refractivity contribution is 5.63. The van der Waals surface area contributed by atoms with Gasteiger partial charge in [0.1, 0.15) is 6.54 Å². The van der Waals surface area contributed by atoms with Gasteiger partial charge in [0.05, 0.1) is 27.2 Å². The van der Waals surface area contributed by atoms with E-state index < -0.39 is 5.97 Å². The maximum Gasteiger partial charge on any atom is 0.102 e. The first-order chi connectivity index (χ1) is 10.4. The number of unbranched alkanes of at least 4 members (excludes halogenated alkanes) is 6. The Labute approximate surface area is 138 Å². The number of nitrogens with zero attached hydrogens (tertiary/aromatic N) is 1. The molecule has 4 heteroatoms. The summed E-state index contributed by atoms with van der Waals surface area (Å²) in [7, 11) is 4.44. The second-order valence-electron chi connectivity index (χ2n) is 6.42. The summed E-state index contributed by atoms with van der Waals surface area (Å²) in [6, 6.07) is 0. The topological polar surface area (TPSA) is 49.4 Å². The van der Waals surface area contributed by atoms with Crippen LogP contribution in [0.2, 0.25) is 0 Å². The third-order valence-electron chi connectivity index (χ3n) is 3.89. The van der Waals surface area contributed by atoms with E-state index in [1.807, 2.05) is 6.92 Å². The molecule has 0 aliphatic heterocycles. The normalized spacial score (nSPS) is 11.0. The predicted molar refractivity (Wildman–Crippen MR) is 91.6 cm³/mol. The van der Waals surface area contributed by atoms with Crippen LogP contribution in [-0.2, 0) is 9.53 Å². The van der Waals surface area contributed by atoms with Gasteiger partial charge in [-0.1, -0.05) is 45.4 Å². The quantitative estimate of drug-likeness (QED) is 0.387. The van der Waals surface area contributed by atoms with Crippen LogP contribution in [-0.4, -0.2) is 50.9 Å². The number of aliphatic carboxylic acids is 1. The molecule has 0 rings (SSSR count). The first-order valence-electron chi connectivity index (χ1n) is 8.99. The fraction of sp³-hybridized carbons (Fsp3) is 0.944. The summed E-state index contributed by atoms with van der Waals surface area (Å²) in [5.74, 6) is -0.913. The fourth-order valence-electron chi connectivity index (χ4n) is 1.84. The average molecular weight is 318 g/mol. The molecule has 0 unspecified atom stereocenters. The molecular weight excluding hydrogens is 278 g/mol. The zero-order valence-corrected chi connectivity index (χ0v) is 15.7. The molecule has 0 heterocycles. The Morgan fingerprint density at radius 1 is 0.955 bits per heavy atom. The van der Waals surface area contributed by atoms with Gasteiger partial charge in [0, 0.05) is 12.6 Å². The van der Waals surface area contributed by atoms with Crippen molar-refractivity contribution < 1.29 is 19.1 Å². The minimum Gasteiger partial charge on any atom is -0.550 e. The highest BCUT2D eigenvalue weighted by Crippen LogP contribution is 2.07. The zero-order valence-electron chi connectivity index (χ0n) is 15.7. The van der Waals surface area contributed by atoms with Gasteiger partial charge in [0.2, 0.25) is 0 Å². The average Bonchev–Trinajstić information content (AvgIpc) is 2.47. The molecule has 0 bridgehead atoms. The van der Waals surface area contributed by atoms with E-state index in [1.54, 1.807) is 0 Å². The van der Waals surface area contributed by atoms with Crippen LogP contribution in [0.5, 0.6) is 0 Å². The zero-order chi connectivity index (χ0) is 17.3. The van der Waals surface area contributed by atoms with Crippen molar-refractivity contribution in [2.45, 2.75) is 72.1 Å². The van der Waals surface area contributed by atoms with Crippen molar-refractivity contribution >= 4 is 5.97 Å². The summed E-state index contributed by atoms with van der Waals surface area (Å²) < 4.78 is 6.31. The van der Waals surface area contributed by atoms with Gasteiger partial charge in [-0.15, -0.1) is 0 Å². The number of carbonyl (C=O) groups is 1. The predicted octanol–water partition coefficient (Wildman–Crippen LogP) is 3.00. The lowest BCUT2D eigenvalue weighted by molar-refractivity contribution is -0.888. The maximum atomic E-state index is 10.0. The molecule has 0 amide bonds. The Bertz CT molecular complexity index is 242. The van der Waals surface area contributed by atoms with Crippen molar-refractivity contribution in [2.75, 3.05) is 40.4 Å². The monoisotopic (exact) mass is 317 g/mol.